The van der Waals surface area contributed by atoms with Gasteiger partial charge in [0, 0.05) is 32.5 Å². The van der Waals surface area contributed by atoms with Gasteiger partial charge in [-0.25, -0.2) is 0 Å². The monoisotopic (exact) mass is 380 g/mol. The normalized spacial score (nSPS) is 19.4. The van der Waals surface area contributed by atoms with Gasteiger partial charge in [-0.2, -0.15) is 0 Å². The van der Waals surface area contributed by atoms with Crippen LogP contribution in [0.4, 0.5) is 0 Å². The van der Waals surface area contributed by atoms with Crippen LogP contribution in [0.5, 0.6) is 5.75 Å². The number of thioether (sulfide) groups is 1. The summed E-state index contributed by atoms with van der Waals surface area (Å²) in [6.07, 6.45) is 0.415. The van der Waals surface area contributed by atoms with Crippen molar-refractivity contribution in [2.45, 2.75) is 30.9 Å². The van der Waals surface area contributed by atoms with Gasteiger partial charge in [-0.3, -0.25) is 19.7 Å². The summed E-state index contributed by atoms with van der Waals surface area (Å²) in [6.45, 7) is 0.393. The molecular weight excluding hydrogens is 356 g/mol. The summed E-state index contributed by atoms with van der Waals surface area (Å²) >= 11 is 1.28. The molecule has 9 heteroatoms. The molecule has 142 valence electrons. The van der Waals surface area contributed by atoms with E-state index in [1.807, 2.05) is 24.3 Å². The summed E-state index contributed by atoms with van der Waals surface area (Å²) in [5.41, 5.74) is 0.552. The molecule has 1 fully saturated rings. The van der Waals surface area contributed by atoms with E-state index in [1.54, 1.807) is 14.2 Å². The van der Waals surface area contributed by atoms with Crippen molar-refractivity contribution in [1.82, 2.24) is 21.3 Å². The van der Waals surface area contributed by atoms with Crippen molar-refractivity contribution in [2.75, 3.05) is 19.9 Å². The van der Waals surface area contributed by atoms with Crippen molar-refractivity contribution in [3.05, 3.63) is 29.8 Å². The second kappa shape index (κ2) is 10.0. The van der Waals surface area contributed by atoms with Crippen LogP contribution in [0.3, 0.4) is 0 Å². The summed E-state index contributed by atoms with van der Waals surface area (Å²) in [6, 6.07) is 7.20. The summed E-state index contributed by atoms with van der Waals surface area (Å²) in [7, 11) is 3.15. The maximum absolute atomic E-state index is 12.2. The molecule has 1 aromatic carbocycles. The first-order chi connectivity index (χ1) is 12.5. The zero-order valence-corrected chi connectivity index (χ0v) is 15.7. The smallest absolute Gasteiger partial charge is 0.229 e. The lowest BCUT2D eigenvalue weighted by Crippen LogP contribution is -2.56. The highest BCUT2D eigenvalue weighted by atomic mass is 32.2. The molecule has 2 atom stereocenters. The van der Waals surface area contributed by atoms with Crippen LogP contribution in [-0.2, 0) is 20.9 Å². The lowest BCUT2D eigenvalue weighted by Gasteiger charge is -2.30. The van der Waals surface area contributed by atoms with E-state index in [9.17, 15) is 14.4 Å². The molecule has 1 heterocycles. The van der Waals surface area contributed by atoms with Gasteiger partial charge in [-0.15, -0.1) is 11.8 Å². The van der Waals surface area contributed by atoms with Crippen LogP contribution >= 0.6 is 11.8 Å². The predicted octanol–water partition coefficient (Wildman–Crippen LogP) is -0.0576. The number of hydrogen-bond acceptors (Lipinski definition) is 6. The Labute approximate surface area is 156 Å². The molecule has 1 aromatic rings. The predicted molar refractivity (Wildman–Crippen MR) is 99.5 cm³/mol. The molecule has 0 saturated carbocycles. The number of nitrogens with one attached hydrogen (secondary N) is 4. The quantitative estimate of drug-likeness (QED) is 0.503. The van der Waals surface area contributed by atoms with Crippen molar-refractivity contribution in [1.29, 1.82) is 0 Å². The minimum Gasteiger partial charge on any atom is -0.497 e. The van der Waals surface area contributed by atoms with Crippen molar-refractivity contribution < 1.29 is 19.1 Å². The van der Waals surface area contributed by atoms with E-state index in [-0.39, 0.29) is 47.9 Å². The van der Waals surface area contributed by atoms with Crippen molar-refractivity contribution >= 4 is 29.5 Å². The first-order valence-electron chi connectivity index (χ1n) is 8.27. The van der Waals surface area contributed by atoms with E-state index >= 15 is 0 Å². The van der Waals surface area contributed by atoms with Gasteiger partial charge in [0.15, 0.2) is 0 Å². The Kier molecular flexibility index (Phi) is 7.73. The van der Waals surface area contributed by atoms with Crippen molar-refractivity contribution in [3.63, 3.8) is 0 Å². The Morgan fingerprint density at radius 2 is 2.15 bits per heavy atom. The number of carbonyl (C=O) groups excluding carboxylic acids is 3. The molecule has 2 rings (SSSR count). The number of rotatable bonds is 8. The second-order valence-electron chi connectivity index (χ2n) is 5.83. The number of ether oxygens (including phenoxy) is 1. The zero-order chi connectivity index (χ0) is 18.9. The van der Waals surface area contributed by atoms with Gasteiger partial charge in [0.25, 0.3) is 0 Å². The SMILES string of the molecule is CNC(=O)CSC1NC(=O)CC(CC(=O)NCc2cccc(OC)c2)N1. The third-order valence-electron chi connectivity index (χ3n) is 3.83. The molecule has 26 heavy (non-hydrogen) atoms. The van der Waals surface area contributed by atoms with E-state index in [0.29, 0.717) is 6.54 Å². The van der Waals surface area contributed by atoms with Gasteiger partial charge >= 0.3 is 0 Å². The molecule has 8 nitrogen and oxygen atoms in total. The molecule has 3 amide bonds. The van der Waals surface area contributed by atoms with Crippen LogP contribution in [0.1, 0.15) is 18.4 Å². The number of methoxy groups -OCH3 is 1. The van der Waals surface area contributed by atoms with E-state index < -0.39 is 0 Å². The third-order valence-corrected chi connectivity index (χ3v) is 4.84. The minimum absolute atomic E-state index is 0.121. The van der Waals surface area contributed by atoms with Gasteiger partial charge in [-0.1, -0.05) is 12.1 Å². The lowest BCUT2D eigenvalue weighted by atomic mass is 10.1. The van der Waals surface area contributed by atoms with Crippen LogP contribution in [-0.4, -0.2) is 49.2 Å². The fourth-order valence-corrected chi connectivity index (χ4v) is 3.44. The Balaban J connectivity index is 1.79. The molecule has 0 radical (unpaired) electrons. The standard InChI is InChI=1S/C17H24N4O4S/c1-18-16(24)10-26-17-20-12(8-15(23)21-17)7-14(22)19-9-11-4-3-5-13(6-11)25-2/h3-6,12,17,20H,7-10H2,1-2H3,(H,18,24)(H,19,22)(H,21,23). The van der Waals surface area contributed by atoms with E-state index in [0.717, 1.165) is 11.3 Å². The first kappa shape index (κ1) is 20.1. The molecular formula is C17H24N4O4S. The third kappa shape index (κ3) is 6.57. The van der Waals surface area contributed by atoms with Crippen LogP contribution in [0.2, 0.25) is 0 Å². The zero-order valence-electron chi connectivity index (χ0n) is 14.8. The topological polar surface area (TPSA) is 109 Å². The Bertz CT molecular complexity index is 655. The molecule has 1 aliphatic rings. The summed E-state index contributed by atoms with van der Waals surface area (Å²) in [5.74, 6) is 0.560. The van der Waals surface area contributed by atoms with Crippen molar-refractivity contribution in [2.24, 2.45) is 0 Å². The van der Waals surface area contributed by atoms with E-state index in [2.05, 4.69) is 21.3 Å². The van der Waals surface area contributed by atoms with Gasteiger partial charge in [-0.05, 0) is 17.7 Å². The number of carbonyl (C=O) groups is 3. The molecule has 0 aliphatic carbocycles. The average Bonchev–Trinajstić information content (AvgIpc) is 2.64. The number of hydrogen-bond donors (Lipinski definition) is 4. The molecule has 1 saturated heterocycles. The van der Waals surface area contributed by atoms with Crippen LogP contribution in [0.25, 0.3) is 0 Å². The molecule has 0 bridgehead atoms. The van der Waals surface area contributed by atoms with Crippen LogP contribution in [0.15, 0.2) is 24.3 Å². The van der Waals surface area contributed by atoms with Gasteiger partial charge in [0.2, 0.25) is 17.7 Å². The highest BCUT2D eigenvalue weighted by Gasteiger charge is 2.27. The van der Waals surface area contributed by atoms with Crippen LogP contribution in [0, 0.1) is 0 Å². The highest BCUT2D eigenvalue weighted by Crippen LogP contribution is 2.15. The highest BCUT2D eigenvalue weighted by molar-refractivity contribution is 8.00. The number of benzene rings is 1. The molecule has 2 unspecified atom stereocenters. The minimum atomic E-state index is -0.385. The summed E-state index contributed by atoms with van der Waals surface area (Å²) < 4.78 is 5.16. The molecule has 0 aromatic heterocycles. The van der Waals surface area contributed by atoms with Crippen molar-refractivity contribution in [3.8, 4) is 5.75 Å². The lowest BCUT2D eigenvalue weighted by molar-refractivity contribution is -0.125. The first-order valence-corrected chi connectivity index (χ1v) is 9.32. The Hall–Kier alpha value is -2.26. The Morgan fingerprint density at radius 3 is 2.88 bits per heavy atom. The van der Waals surface area contributed by atoms with E-state index in [4.69, 9.17) is 4.74 Å². The molecule has 4 N–H and O–H groups in total. The van der Waals surface area contributed by atoms with Crippen LogP contribution < -0.4 is 26.0 Å². The largest absolute Gasteiger partial charge is 0.497 e. The maximum atomic E-state index is 12.2. The fraction of sp³-hybridized carbons (Fsp3) is 0.471. The summed E-state index contributed by atoms with van der Waals surface area (Å²) in [5, 5.41) is 11.3. The fourth-order valence-electron chi connectivity index (χ4n) is 2.47. The van der Waals surface area contributed by atoms with E-state index in [1.165, 1.54) is 11.8 Å². The molecule has 1 aliphatic heterocycles. The Morgan fingerprint density at radius 1 is 1.35 bits per heavy atom. The maximum Gasteiger partial charge on any atom is 0.229 e. The molecule has 0 spiro atoms. The van der Waals surface area contributed by atoms with Gasteiger partial charge in [0.05, 0.1) is 12.9 Å². The average molecular weight is 380 g/mol. The van der Waals surface area contributed by atoms with Gasteiger partial charge < -0.3 is 20.7 Å². The number of amides is 3. The second-order valence-corrected chi connectivity index (χ2v) is 6.93. The summed E-state index contributed by atoms with van der Waals surface area (Å²) in [4.78, 5) is 35.3. The van der Waals surface area contributed by atoms with Gasteiger partial charge in [0.1, 0.15) is 11.2 Å².